The predicted molar refractivity (Wildman–Crippen MR) is 82.7 cm³/mol. The van der Waals surface area contributed by atoms with E-state index in [1.807, 2.05) is 18.2 Å². The Balaban J connectivity index is 1.96. The summed E-state index contributed by atoms with van der Waals surface area (Å²) in [5, 5.41) is 1.99. The third-order valence-electron chi connectivity index (χ3n) is 2.75. The minimum absolute atomic E-state index is 0.473. The van der Waals surface area contributed by atoms with Gasteiger partial charge >= 0.3 is 0 Å². The zero-order valence-corrected chi connectivity index (χ0v) is 11.8. The molecule has 100 valence electrons. The summed E-state index contributed by atoms with van der Waals surface area (Å²) < 4.78 is 5.67. The molecular weight excluding hydrogens is 295 g/mol. The lowest BCUT2D eigenvalue weighted by molar-refractivity contribution is 0.465. The monoisotopic (exact) mass is 304 g/mol. The standard InChI is InChI=1S/C15H10Cl2N2O/c16-10-6-11(17)8-13(7-10)20-15-4-1-9-5-12(18)2-3-14(9)19-15/h1-8H,18H2. The van der Waals surface area contributed by atoms with Gasteiger partial charge in [0.15, 0.2) is 0 Å². The summed E-state index contributed by atoms with van der Waals surface area (Å²) in [6.07, 6.45) is 0. The number of hydrogen-bond acceptors (Lipinski definition) is 3. The molecule has 0 saturated carbocycles. The number of nitrogens with two attached hydrogens (primary N) is 1. The smallest absolute Gasteiger partial charge is 0.219 e. The summed E-state index contributed by atoms with van der Waals surface area (Å²) in [5.41, 5.74) is 7.24. The highest BCUT2D eigenvalue weighted by molar-refractivity contribution is 6.34. The zero-order valence-electron chi connectivity index (χ0n) is 10.3. The van der Waals surface area contributed by atoms with Gasteiger partial charge in [-0.05, 0) is 42.5 Å². The van der Waals surface area contributed by atoms with E-state index in [4.69, 9.17) is 33.7 Å². The molecule has 0 unspecified atom stereocenters. The number of hydrogen-bond donors (Lipinski definition) is 1. The molecule has 20 heavy (non-hydrogen) atoms. The second-order valence-electron chi connectivity index (χ2n) is 4.31. The Hall–Kier alpha value is -1.97. The SMILES string of the molecule is Nc1ccc2nc(Oc3cc(Cl)cc(Cl)c3)ccc2c1. The Bertz CT molecular complexity index is 770. The fraction of sp³-hybridized carbons (Fsp3) is 0. The second kappa shape index (κ2) is 5.19. The first-order chi connectivity index (χ1) is 9.60. The van der Waals surface area contributed by atoms with Crippen LogP contribution in [0, 0.1) is 0 Å². The van der Waals surface area contributed by atoms with Gasteiger partial charge in [0, 0.05) is 27.2 Å². The molecule has 0 bridgehead atoms. The number of nitrogens with zero attached hydrogens (tertiary/aromatic N) is 1. The van der Waals surface area contributed by atoms with Crippen LogP contribution in [0.4, 0.5) is 5.69 Å². The van der Waals surface area contributed by atoms with Crippen LogP contribution in [-0.2, 0) is 0 Å². The minimum atomic E-state index is 0.473. The molecule has 0 amide bonds. The average Bonchev–Trinajstić information content (AvgIpc) is 2.38. The van der Waals surface area contributed by atoms with Gasteiger partial charge in [-0.15, -0.1) is 0 Å². The van der Waals surface area contributed by atoms with Crippen LogP contribution in [0.25, 0.3) is 10.9 Å². The first-order valence-electron chi connectivity index (χ1n) is 5.90. The van der Waals surface area contributed by atoms with E-state index in [0.29, 0.717) is 27.4 Å². The molecule has 2 N–H and O–H groups in total. The molecule has 0 fully saturated rings. The van der Waals surface area contributed by atoms with E-state index in [1.54, 1.807) is 30.3 Å². The first kappa shape index (κ1) is 13.0. The van der Waals surface area contributed by atoms with Crippen molar-refractivity contribution in [3.05, 3.63) is 58.6 Å². The fourth-order valence-electron chi connectivity index (χ4n) is 1.89. The van der Waals surface area contributed by atoms with Gasteiger partial charge in [0.25, 0.3) is 0 Å². The molecule has 3 nitrogen and oxygen atoms in total. The van der Waals surface area contributed by atoms with E-state index >= 15 is 0 Å². The molecule has 0 radical (unpaired) electrons. The van der Waals surface area contributed by atoms with Crippen molar-refractivity contribution in [1.29, 1.82) is 0 Å². The van der Waals surface area contributed by atoms with Gasteiger partial charge in [-0.25, -0.2) is 4.98 Å². The molecule has 0 spiro atoms. The summed E-state index contributed by atoms with van der Waals surface area (Å²) in [4.78, 5) is 4.41. The molecular formula is C15H10Cl2N2O. The Morgan fingerprint density at radius 3 is 2.40 bits per heavy atom. The van der Waals surface area contributed by atoms with Crippen LogP contribution in [0.1, 0.15) is 0 Å². The number of ether oxygens (including phenoxy) is 1. The molecule has 3 rings (SSSR count). The summed E-state index contributed by atoms with van der Waals surface area (Å²) in [6.45, 7) is 0. The molecule has 5 heteroatoms. The van der Waals surface area contributed by atoms with E-state index in [1.165, 1.54) is 0 Å². The highest BCUT2D eigenvalue weighted by Gasteiger charge is 2.04. The van der Waals surface area contributed by atoms with Crippen molar-refractivity contribution < 1.29 is 4.74 Å². The number of nitrogen functional groups attached to an aromatic ring is 1. The summed E-state index contributed by atoms with van der Waals surface area (Å²) in [6, 6.07) is 14.2. The molecule has 1 heterocycles. The summed E-state index contributed by atoms with van der Waals surface area (Å²) in [5.74, 6) is 1.02. The first-order valence-corrected chi connectivity index (χ1v) is 6.66. The number of anilines is 1. The van der Waals surface area contributed by atoms with Gasteiger partial charge in [0.2, 0.25) is 5.88 Å². The Labute approximate surface area is 125 Å². The minimum Gasteiger partial charge on any atom is -0.439 e. The maximum absolute atomic E-state index is 5.93. The number of benzene rings is 2. The third kappa shape index (κ3) is 2.79. The quantitative estimate of drug-likeness (QED) is 0.684. The molecule has 0 aliphatic carbocycles. The van der Waals surface area contributed by atoms with Gasteiger partial charge in [-0.3, -0.25) is 0 Å². The lowest BCUT2D eigenvalue weighted by Crippen LogP contribution is -1.90. The number of rotatable bonds is 2. The van der Waals surface area contributed by atoms with Crippen LogP contribution in [-0.4, -0.2) is 4.98 Å². The molecule has 0 atom stereocenters. The number of halogens is 2. The van der Waals surface area contributed by atoms with E-state index in [0.717, 1.165) is 10.9 Å². The van der Waals surface area contributed by atoms with Gasteiger partial charge in [0.05, 0.1) is 5.52 Å². The van der Waals surface area contributed by atoms with E-state index < -0.39 is 0 Å². The van der Waals surface area contributed by atoms with Crippen molar-refractivity contribution >= 4 is 39.8 Å². The van der Waals surface area contributed by atoms with Crippen molar-refractivity contribution in [2.45, 2.75) is 0 Å². The summed E-state index contributed by atoms with van der Waals surface area (Å²) >= 11 is 11.9. The second-order valence-corrected chi connectivity index (χ2v) is 5.18. The van der Waals surface area contributed by atoms with Crippen molar-refractivity contribution in [1.82, 2.24) is 4.98 Å². The van der Waals surface area contributed by atoms with Crippen LogP contribution in [0.15, 0.2) is 48.5 Å². The van der Waals surface area contributed by atoms with Crippen LogP contribution < -0.4 is 10.5 Å². The molecule has 3 aromatic rings. The Morgan fingerprint density at radius 1 is 0.900 bits per heavy atom. The van der Waals surface area contributed by atoms with Crippen molar-refractivity contribution in [2.24, 2.45) is 0 Å². The highest BCUT2D eigenvalue weighted by atomic mass is 35.5. The van der Waals surface area contributed by atoms with E-state index in [2.05, 4.69) is 4.98 Å². The lowest BCUT2D eigenvalue weighted by atomic mass is 10.2. The zero-order chi connectivity index (χ0) is 14.1. The average molecular weight is 305 g/mol. The van der Waals surface area contributed by atoms with Crippen molar-refractivity contribution in [3.63, 3.8) is 0 Å². The Kier molecular flexibility index (Phi) is 3.38. The van der Waals surface area contributed by atoms with Crippen LogP contribution in [0.5, 0.6) is 11.6 Å². The Morgan fingerprint density at radius 2 is 1.65 bits per heavy atom. The number of pyridine rings is 1. The summed E-state index contributed by atoms with van der Waals surface area (Å²) in [7, 11) is 0. The van der Waals surface area contributed by atoms with Crippen LogP contribution in [0.2, 0.25) is 10.0 Å². The maximum atomic E-state index is 5.93. The van der Waals surface area contributed by atoms with E-state index in [-0.39, 0.29) is 0 Å². The van der Waals surface area contributed by atoms with Crippen LogP contribution in [0.3, 0.4) is 0 Å². The van der Waals surface area contributed by atoms with Crippen LogP contribution >= 0.6 is 23.2 Å². The molecule has 0 aliphatic heterocycles. The van der Waals surface area contributed by atoms with Gasteiger partial charge in [-0.2, -0.15) is 0 Å². The number of aromatic nitrogens is 1. The predicted octanol–water partition coefficient (Wildman–Crippen LogP) is 4.92. The lowest BCUT2D eigenvalue weighted by Gasteiger charge is -2.07. The van der Waals surface area contributed by atoms with Gasteiger partial charge in [0.1, 0.15) is 5.75 Å². The fourth-order valence-corrected chi connectivity index (χ4v) is 2.40. The topological polar surface area (TPSA) is 48.1 Å². The largest absolute Gasteiger partial charge is 0.439 e. The van der Waals surface area contributed by atoms with Crippen molar-refractivity contribution in [2.75, 3.05) is 5.73 Å². The van der Waals surface area contributed by atoms with Gasteiger partial charge in [-0.1, -0.05) is 23.2 Å². The van der Waals surface area contributed by atoms with Gasteiger partial charge < -0.3 is 10.5 Å². The highest BCUT2D eigenvalue weighted by Crippen LogP contribution is 2.28. The van der Waals surface area contributed by atoms with Crippen molar-refractivity contribution in [3.8, 4) is 11.6 Å². The molecule has 0 aliphatic rings. The molecule has 1 aromatic heterocycles. The number of fused-ring (bicyclic) bond motifs is 1. The van der Waals surface area contributed by atoms with E-state index in [9.17, 15) is 0 Å². The third-order valence-corrected chi connectivity index (χ3v) is 3.18. The molecule has 2 aromatic carbocycles. The maximum Gasteiger partial charge on any atom is 0.219 e. The normalized spacial score (nSPS) is 10.7. The molecule has 0 saturated heterocycles.